The van der Waals surface area contributed by atoms with Crippen molar-refractivity contribution in [3.8, 4) is 11.5 Å². The van der Waals surface area contributed by atoms with Crippen LogP contribution >= 0.6 is 0 Å². The van der Waals surface area contributed by atoms with Crippen LogP contribution < -0.4 is 8.92 Å². The van der Waals surface area contributed by atoms with Crippen LogP contribution in [-0.4, -0.2) is 14.4 Å². The molecule has 0 amide bonds. The van der Waals surface area contributed by atoms with Crippen LogP contribution in [0.2, 0.25) is 0 Å². The van der Waals surface area contributed by atoms with Gasteiger partial charge < -0.3 is 8.92 Å². The second-order valence-electron chi connectivity index (χ2n) is 7.16. The van der Waals surface area contributed by atoms with E-state index in [-0.39, 0.29) is 10.6 Å². The van der Waals surface area contributed by atoms with Crippen LogP contribution in [0.3, 0.4) is 0 Å². The second kappa shape index (κ2) is 7.80. The van der Waals surface area contributed by atoms with Gasteiger partial charge in [0.1, 0.15) is 16.4 Å². The van der Waals surface area contributed by atoms with Crippen LogP contribution in [0.5, 0.6) is 11.5 Å². The van der Waals surface area contributed by atoms with Gasteiger partial charge in [-0.2, -0.15) is 8.42 Å². The monoisotopic (exact) mass is 420 g/mol. The Hall–Kier alpha value is -3.38. The van der Waals surface area contributed by atoms with Crippen molar-refractivity contribution < 1.29 is 22.1 Å². The number of fused-ring (bicyclic) bond motifs is 1. The third-order valence-corrected chi connectivity index (χ3v) is 6.21. The number of carbonyl (C=O) groups is 1. The van der Waals surface area contributed by atoms with Crippen LogP contribution in [0.4, 0.5) is 0 Å². The van der Waals surface area contributed by atoms with Gasteiger partial charge in [-0.15, -0.1) is 0 Å². The van der Waals surface area contributed by atoms with Crippen LogP contribution in [0, 0.1) is 13.8 Å². The van der Waals surface area contributed by atoms with Gasteiger partial charge in [0.2, 0.25) is 0 Å². The van der Waals surface area contributed by atoms with Gasteiger partial charge in [0.15, 0.2) is 0 Å². The number of carbonyl (C=O) groups excluding carboxylic acids is 1. The standard InChI is InChI=1S/C24H20O5S/c1-16-6-10-18(11-7-16)28-24(25)22-15-14-21-20(22)4-3-5-23(21)30(26,27)29-19-12-8-17(2)9-13-19/h3-13,15H,14H2,1-2H3. The first-order chi connectivity index (χ1) is 14.3. The normalized spacial score (nSPS) is 12.8. The average Bonchev–Trinajstić information content (AvgIpc) is 3.15. The molecule has 152 valence electrons. The number of aryl methyl sites for hydroxylation is 2. The van der Waals surface area contributed by atoms with E-state index in [0.29, 0.717) is 28.9 Å². The van der Waals surface area contributed by atoms with E-state index < -0.39 is 16.1 Å². The largest absolute Gasteiger partial charge is 0.423 e. The van der Waals surface area contributed by atoms with E-state index in [2.05, 4.69) is 0 Å². The van der Waals surface area contributed by atoms with Crippen LogP contribution in [0.25, 0.3) is 5.57 Å². The molecule has 1 aliphatic carbocycles. The summed E-state index contributed by atoms with van der Waals surface area (Å²) in [5, 5.41) is 0. The van der Waals surface area contributed by atoms with Crippen LogP contribution in [0.1, 0.15) is 22.3 Å². The molecular weight excluding hydrogens is 400 g/mol. The first kappa shape index (κ1) is 19.9. The van der Waals surface area contributed by atoms with Crippen molar-refractivity contribution in [3.63, 3.8) is 0 Å². The lowest BCUT2D eigenvalue weighted by molar-refractivity contribution is -0.127. The maximum absolute atomic E-state index is 12.9. The number of allylic oxidation sites excluding steroid dienone is 1. The minimum atomic E-state index is -4.05. The van der Waals surface area contributed by atoms with E-state index in [0.717, 1.165) is 11.1 Å². The number of benzene rings is 3. The Labute approximate surface area is 175 Å². The second-order valence-corrected chi connectivity index (χ2v) is 8.67. The van der Waals surface area contributed by atoms with E-state index >= 15 is 0 Å². The maximum atomic E-state index is 12.9. The minimum absolute atomic E-state index is 0.0509. The fraction of sp³-hybridized carbons (Fsp3) is 0.125. The molecule has 0 saturated carbocycles. The lowest BCUT2D eigenvalue weighted by Crippen LogP contribution is -2.13. The molecule has 0 saturated heterocycles. The van der Waals surface area contributed by atoms with E-state index in [4.69, 9.17) is 8.92 Å². The number of ether oxygens (including phenoxy) is 1. The van der Waals surface area contributed by atoms with Crippen molar-refractivity contribution in [2.24, 2.45) is 0 Å². The summed E-state index contributed by atoms with van der Waals surface area (Å²) in [6.07, 6.45) is 1.99. The fourth-order valence-electron chi connectivity index (χ4n) is 3.30. The summed E-state index contributed by atoms with van der Waals surface area (Å²) in [6.45, 7) is 3.85. The zero-order valence-electron chi connectivity index (χ0n) is 16.6. The van der Waals surface area contributed by atoms with Crippen molar-refractivity contribution >= 4 is 21.7 Å². The molecule has 0 N–H and O–H groups in total. The zero-order chi connectivity index (χ0) is 21.3. The lowest BCUT2D eigenvalue weighted by Gasteiger charge is -2.12. The number of hydrogen-bond acceptors (Lipinski definition) is 5. The molecule has 1 aliphatic rings. The molecule has 0 fully saturated rings. The summed E-state index contributed by atoms with van der Waals surface area (Å²) in [7, 11) is -4.05. The van der Waals surface area contributed by atoms with Gasteiger partial charge >= 0.3 is 16.1 Å². The Morgan fingerprint density at radius 1 is 0.833 bits per heavy atom. The van der Waals surface area contributed by atoms with Gasteiger partial charge in [0.05, 0.1) is 5.57 Å². The Balaban J connectivity index is 1.60. The lowest BCUT2D eigenvalue weighted by atomic mass is 10.1. The molecule has 0 aromatic heterocycles. The van der Waals surface area contributed by atoms with Gasteiger partial charge in [-0.05, 0) is 61.7 Å². The predicted octanol–water partition coefficient (Wildman–Crippen LogP) is 4.62. The highest BCUT2D eigenvalue weighted by Crippen LogP contribution is 2.34. The Bertz CT molecular complexity index is 1240. The molecule has 0 spiro atoms. The molecule has 4 rings (SSSR count). The van der Waals surface area contributed by atoms with E-state index in [1.54, 1.807) is 54.6 Å². The topological polar surface area (TPSA) is 69.7 Å². The number of esters is 1. The van der Waals surface area contributed by atoms with E-state index in [1.165, 1.54) is 6.07 Å². The average molecular weight is 420 g/mol. The van der Waals surface area contributed by atoms with E-state index in [9.17, 15) is 13.2 Å². The van der Waals surface area contributed by atoms with Gasteiger partial charge in [0, 0.05) is 0 Å². The van der Waals surface area contributed by atoms with Crippen LogP contribution in [-0.2, 0) is 21.3 Å². The first-order valence-corrected chi connectivity index (χ1v) is 10.9. The number of rotatable bonds is 5. The van der Waals surface area contributed by atoms with Crippen molar-refractivity contribution in [1.29, 1.82) is 0 Å². The highest BCUT2D eigenvalue weighted by molar-refractivity contribution is 7.87. The molecule has 30 heavy (non-hydrogen) atoms. The summed E-state index contributed by atoms with van der Waals surface area (Å²) in [5.74, 6) is 0.154. The van der Waals surface area contributed by atoms with Gasteiger partial charge in [-0.1, -0.05) is 53.6 Å². The van der Waals surface area contributed by atoms with Crippen molar-refractivity contribution in [3.05, 3.63) is 95.1 Å². The SMILES string of the molecule is Cc1ccc(OC(=O)C2=CCc3c2cccc3S(=O)(=O)Oc2ccc(C)cc2)cc1. The van der Waals surface area contributed by atoms with Gasteiger partial charge in [-0.25, -0.2) is 4.79 Å². The Kier molecular flexibility index (Phi) is 5.18. The third kappa shape index (κ3) is 4.00. The molecular formula is C24H20O5S. The van der Waals surface area contributed by atoms with E-state index in [1.807, 2.05) is 26.0 Å². The summed E-state index contributed by atoms with van der Waals surface area (Å²) >= 11 is 0. The fourth-order valence-corrected chi connectivity index (χ4v) is 4.50. The Morgan fingerprint density at radius 2 is 1.43 bits per heavy atom. The van der Waals surface area contributed by atoms with Gasteiger partial charge in [0.25, 0.3) is 0 Å². The minimum Gasteiger partial charge on any atom is -0.423 e. The highest BCUT2D eigenvalue weighted by Gasteiger charge is 2.29. The molecule has 3 aromatic rings. The maximum Gasteiger partial charge on any atom is 0.343 e. The summed E-state index contributed by atoms with van der Waals surface area (Å²) in [6, 6.07) is 18.7. The smallest absolute Gasteiger partial charge is 0.343 e. The first-order valence-electron chi connectivity index (χ1n) is 9.46. The summed E-state index contributed by atoms with van der Waals surface area (Å²) in [5.41, 5.74) is 3.48. The molecule has 0 heterocycles. The molecule has 0 radical (unpaired) electrons. The molecule has 0 bridgehead atoms. The predicted molar refractivity (Wildman–Crippen MR) is 114 cm³/mol. The molecule has 0 unspecified atom stereocenters. The van der Waals surface area contributed by atoms with Crippen molar-refractivity contribution in [1.82, 2.24) is 0 Å². The molecule has 6 heteroatoms. The Morgan fingerprint density at radius 3 is 2.07 bits per heavy atom. The number of hydrogen-bond donors (Lipinski definition) is 0. The summed E-state index contributed by atoms with van der Waals surface area (Å²) in [4.78, 5) is 12.7. The summed E-state index contributed by atoms with van der Waals surface area (Å²) < 4.78 is 36.5. The molecule has 0 atom stereocenters. The van der Waals surface area contributed by atoms with Crippen molar-refractivity contribution in [2.45, 2.75) is 25.2 Å². The molecule has 0 aliphatic heterocycles. The van der Waals surface area contributed by atoms with Crippen molar-refractivity contribution in [2.75, 3.05) is 0 Å². The van der Waals surface area contributed by atoms with Crippen LogP contribution in [0.15, 0.2) is 77.7 Å². The molecule has 5 nitrogen and oxygen atoms in total. The van der Waals surface area contributed by atoms with Gasteiger partial charge in [-0.3, -0.25) is 0 Å². The quantitative estimate of drug-likeness (QED) is 0.342. The third-order valence-electron chi connectivity index (χ3n) is 4.88. The zero-order valence-corrected chi connectivity index (χ0v) is 17.4. The highest BCUT2D eigenvalue weighted by atomic mass is 32.2. The molecule has 3 aromatic carbocycles.